The van der Waals surface area contributed by atoms with Gasteiger partial charge in [-0.05, 0) is 103 Å². The predicted molar refractivity (Wildman–Crippen MR) is 192 cm³/mol. The monoisotopic (exact) mass is 672 g/mol. The molecule has 1 heterocycles. The van der Waals surface area contributed by atoms with Gasteiger partial charge in [0, 0.05) is 28.7 Å². The number of anilines is 1. The Hall–Kier alpha value is -3.99. The molecular formula is C38H37N2NaO6S. The van der Waals surface area contributed by atoms with E-state index in [-0.39, 0.29) is 54.5 Å². The van der Waals surface area contributed by atoms with Crippen LogP contribution in [-0.2, 0) is 26.4 Å². The molecule has 4 aromatic carbocycles. The molecule has 0 bridgehead atoms. The number of carbonyl (C=O) groups is 2. The van der Waals surface area contributed by atoms with E-state index >= 15 is 0 Å². The molecule has 0 fully saturated rings. The summed E-state index contributed by atoms with van der Waals surface area (Å²) in [5.74, 6) is -0.191. The van der Waals surface area contributed by atoms with Crippen LogP contribution in [0.25, 0.3) is 27.9 Å². The van der Waals surface area contributed by atoms with E-state index in [0.717, 1.165) is 46.3 Å². The van der Waals surface area contributed by atoms with Crippen LogP contribution in [0.4, 0.5) is 5.69 Å². The number of amides is 2. The fourth-order valence-corrected chi connectivity index (χ4v) is 6.12. The van der Waals surface area contributed by atoms with Crippen molar-refractivity contribution in [3.05, 3.63) is 131 Å². The molecule has 1 aliphatic carbocycles. The van der Waals surface area contributed by atoms with Crippen LogP contribution >= 0.6 is 0 Å². The number of carbonyl (C=O) groups excluding carboxylic acids is 2. The summed E-state index contributed by atoms with van der Waals surface area (Å²) in [6.45, 7) is -0.0592. The first kappa shape index (κ1) is 35.3. The first-order valence-corrected chi connectivity index (χ1v) is 16.9. The Morgan fingerprint density at radius 3 is 2.27 bits per heavy atom. The standard InChI is InChI=1S/C38H36N2O6S.Na.H/c41-37(39-22-23-45-47(43)44)31-12-10-26(11-13-31)24-34(29-16-14-28(15-17-29)27-6-2-1-3-7-27)38(42)40-33-20-18-30(19-21-33)36-25-32-8-4-5-9-35(32)46-36;;/h4-6,8-21,25,34,47H,1-3,7,22-24H2,(H,39,41)(H,40,42);;. The van der Waals surface area contributed by atoms with Gasteiger partial charge < -0.3 is 15.1 Å². The zero-order valence-corrected chi connectivity index (χ0v) is 26.7. The van der Waals surface area contributed by atoms with Crippen LogP contribution in [0.15, 0.2) is 114 Å². The number of fused-ring (bicyclic) bond motifs is 1. The second kappa shape index (κ2) is 16.9. The van der Waals surface area contributed by atoms with Gasteiger partial charge in [0.25, 0.3) is 16.9 Å². The molecule has 0 saturated heterocycles. The van der Waals surface area contributed by atoms with Crippen molar-refractivity contribution in [1.29, 1.82) is 0 Å². The summed E-state index contributed by atoms with van der Waals surface area (Å²) >= 11 is 0. The quantitative estimate of drug-likeness (QED) is 0.0778. The molecule has 0 spiro atoms. The Kier molecular flexibility index (Phi) is 12.4. The number of hydrogen-bond acceptors (Lipinski definition) is 6. The van der Waals surface area contributed by atoms with Crippen LogP contribution in [0.3, 0.4) is 0 Å². The fourth-order valence-electron chi connectivity index (χ4n) is 5.88. The van der Waals surface area contributed by atoms with Crippen molar-refractivity contribution in [2.75, 3.05) is 18.5 Å². The molecule has 2 amide bonds. The summed E-state index contributed by atoms with van der Waals surface area (Å²) in [5.41, 5.74) is 7.20. The molecular weight excluding hydrogens is 635 g/mol. The van der Waals surface area contributed by atoms with Crippen molar-refractivity contribution in [2.45, 2.75) is 38.0 Å². The van der Waals surface area contributed by atoms with Crippen molar-refractivity contribution < 1.29 is 26.6 Å². The number of benzene rings is 4. The van der Waals surface area contributed by atoms with Gasteiger partial charge in [0.1, 0.15) is 11.3 Å². The van der Waals surface area contributed by atoms with Gasteiger partial charge in [-0.3, -0.25) is 13.8 Å². The Morgan fingerprint density at radius 2 is 1.58 bits per heavy atom. The molecule has 5 aromatic rings. The van der Waals surface area contributed by atoms with Gasteiger partial charge in [-0.1, -0.05) is 60.7 Å². The molecule has 0 saturated carbocycles. The van der Waals surface area contributed by atoms with Crippen molar-refractivity contribution >= 4 is 74.6 Å². The van der Waals surface area contributed by atoms with E-state index in [0.29, 0.717) is 17.7 Å². The number of nitrogens with one attached hydrogen (secondary N) is 2. The van der Waals surface area contributed by atoms with Gasteiger partial charge in [0.05, 0.1) is 12.5 Å². The average Bonchev–Trinajstić information content (AvgIpc) is 3.54. The number of rotatable bonds is 12. The maximum atomic E-state index is 13.9. The summed E-state index contributed by atoms with van der Waals surface area (Å²) in [4.78, 5) is 26.4. The average molecular weight is 673 g/mol. The van der Waals surface area contributed by atoms with Gasteiger partial charge in [0.2, 0.25) is 5.91 Å². The van der Waals surface area contributed by atoms with Gasteiger partial charge in [-0.2, -0.15) is 0 Å². The van der Waals surface area contributed by atoms with E-state index in [1.165, 1.54) is 24.0 Å². The molecule has 242 valence electrons. The van der Waals surface area contributed by atoms with E-state index in [4.69, 9.17) is 4.42 Å². The van der Waals surface area contributed by atoms with Gasteiger partial charge in [0.15, 0.2) is 0 Å². The van der Waals surface area contributed by atoms with Crippen molar-refractivity contribution in [3.63, 3.8) is 0 Å². The Balaban J connectivity index is 0.00000451. The molecule has 48 heavy (non-hydrogen) atoms. The normalized spacial score (nSPS) is 13.4. The number of para-hydroxylation sites is 1. The third-order valence-electron chi connectivity index (χ3n) is 8.39. The second-order valence-corrected chi connectivity index (χ2v) is 12.3. The first-order valence-electron chi connectivity index (χ1n) is 15.8. The molecule has 6 rings (SSSR count). The van der Waals surface area contributed by atoms with Crippen LogP contribution in [0.5, 0.6) is 0 Å². The molecule has 10 heteroatoms. The molecule has 1 unspecified atom stereocenters. The van der Waals surface area contributed by atoms with E-state index in [1.807, 2.05) is 78.9 Å². The van der Waals surface area contributed by atoms with Crippen LogP contribution in [0.1, 0.15) is 58.6 Å². The zero-order valence-electron chi connectivity index (χ0n) is 25.8. The third kappa shape index (κ3) is 9.12. The fraction of sp³-hybridized carbons (Fsp3) is 0.211. The summed E-state index contributed by atoms with van der Waals surface area (Å²) in [6.07, 6.45) is 7.32. The van der Waals surface area contributed by atoms with Crippen LogP contribution in [-0.4, -0.2) is 62.9 Å². The van der Waals surface area contributed by atoms with Crippen molar-refractivity contribution in [3.8, 4) is 11.3 Å². The minimum atomic E-state index is -2.95. The number of furan rings is 1. The molecule has 0 radical (unpaired) electrons. The van der Waals surface area contributed by atoms with Gasteiger partial charge in [-0.25, -0.2) is 8.42 Å². The van der Waals surface area contributed by atoms with Gasteiger partial charge in [-0.15, -0.1) is 0 Å². The summed E-state index contributed by atoms with van der Waals surface area (Å²) in [6, 6.07) is 32.9. The molecule has 1 aromatic heterocycles. The zero-order chi connectivity index (χ0) is 32.6. The Labute approximate surface area is 304 Å². The Bertz CT molecular complexity index is 1920. The molecule has 0 aliphatic heterocycles. The summed E-state index contributed by atoms with van der Waals surface area (Å²) in [5, 5.41) is 6.78. The predicted octanol–water partition coefficient (Wildman–Crippen LogP) is 6.65. The van der Waals surface area contributed by atoms with Crippen LogP contribution in [0, 0.1) is 0 Å². The van der Waals surface area contributed by atoms with Crippen molar-refractivity contribution in [2.24, 2.45) is 0 Å². The van der Waals surface area contributed by atoms with Gasteiger partial charge >= 0.3 is 29.6 Å². The number of thiol groups is 1. The summed E-state index contributed by atoms with van der Waals surface area (Å²) in [7, 11) is -2.95. The third-order valence-corrected chi connectivity index (χ3v) is 8.79. The Morgan fingerprint density at radius 1 is 0.854 bits per heavy atom. The van der Waals surface area contributed by atoms with Crippen LogP contribution in [0.2, 0.25) is 0 Å². The SMILES string of the molecule is O=C(NCCO[SH](=O)=O)c1ccc(CC(C(=O)Nc2ccc(-c3cc4ccccc4o3)cc2)c2ccc(C3=CCCCC3)cc2)cc1.[NaH]. The topological polar surface area (TPSA) is 115 Å². The maximum absolute atomic E-state index is 13.9. The van der Waals surface area contributed by atoms with E-state index in [2.05, 4.69) is 33.0 Å². The molecule has 1 atom stereocenters. The molecule has 2 N–H and O–H groups in total. The second-order valence-electron chi connectivity index (χ2n) is 11.6. The van der Waals surface area contributed by atoms with E-state index < -0.39 is 16.9 Å². The molecule has 8 nitrogen and oxygen atoms in total. The van der Waals surface area contributed by atoms with Crippen LogP contribution < -0.4 is 10.6 Å². The summed E-state index contributed by atoms with van der Waals surface area (Å²) < 4.78 is 31.6. The van der Waals surface area contributed by atoms with E-state index in [1.54, 1.807) is 12.1 Å². The number of allylic oxidation sites excluding steroid dienone is 2. The minimum absolute atomic E-state index is 0. The first-order chi connectivity index (χ1) is 22.9. The number of hydrogen-bond donors (Lipinski definition) is 3. The van der Waals surface area contributed by atoms with Crippen molar-refractivity contribution in [1.82, 2.24) is 5.32 Å². The van der Waals surface area contributed by atoms with E-state index in [9.17, 15) is 18.0 Å². The molecule has 1 aliphatic rings.